The van der Waals surface area contributed by atoms with Crippen LogP contribution in [0.15, 0.2) is 122 Å². The molecule has 0 aliphatic heterocycles. The maximum Gasteiger partial charge on any atom is 0.181 e. The van der Waals surface area contributed by atoms with E-state index in [9.17, 15) is 0 Å². The molecular formula is C28H20N6O. The molecule has 35 heavy (non-hydrogen) atoms. The molecule has 7 nitrogen and oxygen atoms in total. The number of aromatic nitrogens is 6. The first-order valence-corrected chi connectivity index (χ1v) is 11.1. The zero-order chi connectivity index (χ0) is 23.5. The number of benzene rings is 4. The third-order valence-electron chi connectivity index (χ3n) is 5.45. The van der Waals surface area contributed by atoms with Gasteiger partial charge in [-0.3, -0.25) is 0 Å². The first-order chi connectivity index (χ1) is 17.3. The minimum atomic E-state index is 0.673. The molecule has 168 valence electrons. The number of hydrogen-bond acceptors (Lipinski definition) is 5. The van der Waals surface area contributed by atoms with Crippen molar-refractivity contribution in [2.45, 2.75) is 0 Å². The van der Waals surface area contributed by atoms with Crippen molar-refractivity contribution < 1.29 is 4.74 Å². The maximum atomic E-state index is 6.16. The van der Waals surface area contributed by atoms with E-state index in [1.807, 2.05) is 109 Å². The largest absolute Gasteiger partial charge is 0.457 e. The van der Waals surface area contributed by atoms with Gasteiger partial charge in [0.2, 0.25) is 0 Å². The highest BCUT2D eigenvalue weighted by atomic mass is 16.5. The Bertz CT molecular complexity index is 1450. The second kappa shape index (κ2) is 9.07. The molecule has 7 heteroatoms. The molecule has 2 heterocycles. The van der Waals surface area contributed by atoms with Gasteiger partial charge in [0, 0.05) is 23.3 Å². The summed E-state index contributed by atoms with van der Waals surface area (Å²) in [6, 6.07) is 35.3. The Hall–Kier alpha value is -5.04. The van der Waals surface area contributed by atoms with E-state index >= 15 is 0 Å². The van der Waals surface area contributed by atoms with E-state index in [2.05, 4.69) is 20.2 Å². The molecule has 0 aliphatic rings. The topological polar surface area (TPSA) is 70.7 Å². The number of rotatable bonds is 6. The molecule has 0 spiro atoms. The van der Waals surface area contributed by atoms with Crippen LogP contribution in [0.4, 0.5) is 0 Å². The Morgan fingerprint density at radius 1 is 0.486 bits per heavy atom. The molecule has 0 atom stereocenters. The molecule has 0 bridgehead atoms. The minimum absolute atomic E-state index is 0.673. The van der Waals surface area contributed by atoms with E-state index in [1.165, 1.54) is 0 Å². The summed E-state index contributed by atoms with van der Waals surface area (Å²) in [6.07, 6.45) is 3.41. The van der Waals surface area contributed by atoms with Crippen LogP contribution in [0.1, 0.15) is 0 Å². The summed E-state index contributed by atoms with van der Waals surface area (Å²) in [6.45, 7) is 0. The first kappa shape index (κ1) is 20.6. The molecule has 0 N–H and O–H groups in total. The standard InChI is InChI=1S/C28H20N6O/c1-3-9-21(10-4-1)27-29-19-33(31-27)23-13-7-15-25(17-23)35-26-16-8-14-24(18-26)34-20-30-28(32-34)22-11-5-2-6-12-22/h1-20H. The third kappa shape index (κ3) is 4.43. The Kier molecular flexibility index (Phi) is 5.33. The quantitative estimate of drug-likeness (QED) is 0.309. The van der Waals surface area contributed by atoms with E-state index < -0.39 is 0 Å². The summed E-state index contributed by atoms with van der Waals surface area (Å²) in [5.74, 6) is 2.74. The van der Waals surface area contributed by atoms with Gasteiger partial charge in [0.15, 0.2) is 11.6 Å². The van der Waals surface area contributed by atoms with E-state index in [0.717, 1.165) is 22.5 Å². The van der Waals surface area contributed by atoms with Gasteiger partial charge in [0.25, 0.3) is 0 Å². The molecule has 0 amide bonds. The molecule has 0 unspecified atom stereocenters. The predicted molar refractivity (Wildman–Crippen MR) is 134 cm³/mol. The molecule has 0 saturated carbocycles. The summed E-state index contributed by atoms with van der Waals surface area (Å²) in [7, 11) is 0. The Labute approximate surface area is 201 Å². The van der Waals surface area contributed by atoms with Gasteiger partial charge in [0.1, 0.15) is 24.2 Å². The normalized spacial score (nSPS) is 10.9. The fourth-order valence-corrected chi connectivity index (χ4v) is 3.73. The maximum absolute atomic E-state index is 6.16. The fourth-order valence-electron chi connectivity index (χ4n) is 3.73. The molecule has 6 aromatic rings. The lowest BCUT2D eigenvalue weighted by Gasteiger charge is -2.09. The molecular weight excluding hydrogens is 436 g/mol. The van der Waals surface area contributed by atoms with Crippen molar-refractivity contribution in [2.24, 2.45) is 0 Å². The molecule has 0 saturated heterocycles. The van der Waals surface area contributed by atoms with Gasteiger partial charge in [-0.2, -0.15) is 0 Å². The summed E-state index contributed by atoms with van der Waals surface area (Å²) in [4.78, 5) is 8.88. The lowest BCUT2D eigenvalue weighted by atomic mass is 10.2. The van der Waals surface area contributed by atoms with Crippen LogP contribution in [0, 0.1) is 0 Å². The summed E-state index contributed by atoms with van der Waals surface area (Å²) in [5, 5.41) is 9.22. The van der Waals surface area contributed by atoms with Gasteiger partial charge >= 0.3 is 0 Å². The molecule has 2 aromatic heterocycles. The van der Waals surface area contributed by atoms with Crippen LogP contribution in [0.25, 0.3) is 34.2 Å². The van der Waals surface area contributed by atoms with Crippen molar-refractivity contribution in [3.63, 3.8) is 0 Å². The molecule has 0 radical (unpaired) electrons. The van der Waals surface area contributed by atoms with E-state index in [0.29, 0.717) is 23.1 Å². The Balaban J connectivity index is 1.23. The predicted octanol–water partition coefficient (Wildman–Crippen LogP) is 5.97. The van der Waals surface area contributed by atoms with Crippen LogP contribution in [-0.4, -0.2) is 29.5 Å². The van der Waals surface area contributed by atoms with Crippen molar-refractivity contribution in [1.29, 1.82) is 0 Å². The summed E-state index contributed by atoms with van der Waals surface area (Å²) < 4.78 is 9.65. The monoisotopic (exact) mass is 456 g/mol. The van der Waals surface area contributed by atoms with Crippen molar-refractivity contribution in [1.82, 2.24) is 29.5 Å². The van der Waals surface area contributed by atoms with E-state index in [-0.39, 0.29) is 0 Å². The first-order valence-electron chi connectivity index (χ1n) is 11.1. The van der Waals surface area contributed by atoms with E-state index in [4.69, 9.17) is 4.74 Å². The summed E-state index contributed by atoms with van der Waals surface area (Å²) >= 11 is 0. The highest BCUT2D eigenvalue weighted by molar-refractivity contribution is 5.55. The van der Waals surface area contributed by atoms with Crippen LogP contribution in [0.3, 0.4) is 0 Å². The Morgan fingerprint density at radius 2 is 0.943 bits per heavy atom. The van der Waals surface area contributed by atoms with Gasteiger partial charge in [-0.1, -0.05) is 72.8 Å². The third-order valence-corrected chi connectivity index (χ3v) is 5.45. The molecule has 4 aromatic carbocycles. The molecule has 0 fully saturated rings. The van der Waals surface area contributed by atoms with Crippen LogP contribution >= 0.6 is 0 Å². The number of ether oxygens (including phenoxy) is 1. The average molecular weight is 457 g/mol. The van der Waals surface area contributed by atoms with Crippen LogP contribution < -0.4 is 4.74 Å². The van der Waals surface area contributed by atoms with Gasteiger partial charge in [-0.05, 0) is 24.3 Å². The van der Waals surface area contributed by atoms with Gasteiger partial charge in [0.05, 0.1) is 11.4 Å². The second-order valence-electron chi connectivity index (χ2n) is 7.85. The lowest BCUT2D eigenvalue weighted by Crippen LogP contribution is -1.97. The van der Waals surface area contributed by atoms with E-state index in [1.54, 1.807) is 22.0 Å². The zero-order valence-electron chi connectivity index (χ0n) is 18.6. The van der Waals surface area contributed by atoms with Crippen molar-refractivity contribution in [2.75, 3.05) is 0 Å². The smallest absolute Gasteiger partial charge is 0.181 e. The van der Waals surface area contributed by atoms with Crippen molar-refractivity contribution >= 4 is 0 Å². The highest BCUT2D eigenvalue weighted by Gasteiger charge is 2.09. The van der Waals surface area contributed by atoms with Crippen molar-refractivity contribution in [3.8, 4) is 45.6 Å². The number of nitrogens with zero attached hydrogens (tertiary/aromatic N) is 6. The van der Waals surface area contributed by atoms with Gasteiger partial charge < -0.3 is 4.74 Å². The minimum Gasteiger partial charge on any atom is -0.457 e. The highest BCUT2D eigenvalue weighted by Crippen LogP contribution is 2.26. The summed E-state index contributed by atoms with van der Waals surface area (Å²) in [5.41, 5.74) is 3.66. The number of hydrogen-bond donors (Lipinski definition) is 0. The van der Waals surface area contributed by atoms with Crippen molar-refractivity contribution in [3.05, 3.63) is 122 Å². The van der Waals surface area contributed by atoms with Crippen LogP contribution in [0.5, 0.6) is 11.5 Å². The zero-order valence-corrected chi connectivity index (χ0v) is 18.6. The average Bonchev–Trinajstić information content (AvgIpc) is 3.61. The van der Waals surface area contributed by atoms with Gasteiger partial charge in [-0.15, -0.1) is 10.2 Å². The SMILES string of the molecule is c1ccc(-c2ncn(-c3cccc(Oc4cccc(-n5cnc(-c6ccccc6)n5)c4)c3)n2)cc1. The fraction of sp³-hybridized carbons (Fsp3) is 0. The van der Waals surface area contributed by atoms with Gasteiger partial charge in [-0.25, -0.2) is 19.3 Å². The second-order valence-corrected chi connectivity index (χ2v) is 7.85. The lowest BCUT2D eigenvalue weighted by molar-refractivity contribution is 0.481. The van der Waals surface area contributed by atoms with Crippen LogP contribution in [0.2, 0.25) is 0 Å². The van der Waals surface area contributed by atoms with Crippen LogP contribution in [-0.2, 0) is 0 Å². The molecule has 0 aliphatic carbocycles. The molecule has 6 rings (SSSR count). The Morgan fingerprint density at radius 3 is 1.40 bits per heavy atom.